The highest BCUT2D eigenvalue weighted by molar-refractivity contribution is 5.57. The number of anilines is 2. The highest BCUT2D eigenvalue weighted by Crippen LogP contribution is 2.25. The van der Waals surface area contributed by atoms with Crippen molar-refractivity contribution < 1.29 is 0 Å². The molecule has 1 fully saturated rings. The molecule has 100 valence electrons. The summed E-state index contributed by atoms with van der Waals surface area (Å²) in [6, 6.07) is 0.592. The summed E-state index contributed by atoms with van der Waals surface area (Å²) in [6.45, 7) is 2.19. The van der Waals surface area contributed by atoms with Gasteiger partial charge in [0.1, 0.15) is 18.0 Å². The quantitative estimate of drug-likeness (QED) is 0.840. The van der Waals surface area contributed by atoms with Crippen LogP contribution in [0.1, 0.15) is 51.0 Å². The molecule has 2 N–H and O–H groups in total. The van der Waals surface area contributed by atoms with Gasteiger partial charge in [-0.1, -0.05) is 32.6 Å². The summed E-state index contributed by atoms with van der Waals surface area (Å²) in [6.07, 6.45) is 10.4. The van der Waals surface area contributed by atoms with Crippen molar-refractivity contribution in [2.24, 2.45) is 0 Å². The van der Waals surface area contributed by atoms with Gasteiger partial charge in [-0.05, 0) is 19.3 Å². The van der Waals surface area contributed by atoms with E-state index in [0.29, 0.717) is 6.04 Å². The third-order valence-electron chi connectivity index (χ3n) is 3.63. The molecule has 0 aliphatic heterocycles. The second kappa shape index (κ2) is 6.57. The van der Waals surface area contributed by atoms with Crippen LogP contribution in [0, 0.1) is 0 Å². The van der Waals surface area contributed by atoms with Crippen molar-refractivity contribution in [3.8, 4) is 0 Å². The molecule has 0 bridgehead atoms. The Morgan fingerprint density at radius 1 is 1.17 bits per heavy atom. The molecule has 2 rings (SSSR count). The Morgan fingerprint density at radius 2 is 1.89 bits per heavy atom. The number of rotatable bonds is 5. The molecule has 1 aromatic heterocycles. The molecule has 4 nitrogen and oxygen atoms in total. The van der Waals surface area contributed by atoms with Crippen molar-refractivity contribution in [3.05, 3.63) is 11.9 Å². The molecule has 18 heavy (non-hydrogen) atoms. The van der Waals surface area contributed by atoms with Crippen LogP contribution in [0.5, 0.6) is 0 Å². The lowest BCUT2D eigenvalue weighted by Crippen LogP contribution is -2.24. The monoisotopic (exact) mass is 248 g/mol. The fourth-order valence-corrected chi connectivity index (χ4v) is 2.68. The van der Waals surface area contributed by atoms with Crippen LogP contribution in [-0.4, -0.2) is 23.1 Å². The summed E-state index contributed by atoms with van der Waals surface area (Å²) >= 11 is 0. The zero-order valence-corrected chi connectivity index (χ0v) is 11.5. The average Bonchev–Trinajstić information content (AvgIpc) is 2.42. The van der Waals surface area contributed by atoms with Crippen LogP contribution in [0.4, 0.5) is 11.6 Å². The van der Waals surface area contributed by atoms with Crippen LogP contribution in [0.15, 0.2) is 6.33 Å². The van der Waals surface area contributed by atoms with Crippen molar-refractivity contribution >= 4 is 11.6 Å². The van der Waals surface area contributed by atoms with Gasteiger partial charge in [-0.2, -0.15) is 0 Å². The van der Waals surface area contributed by atoms with Crippen molar-refractivity contribution in [2.75, 3.05) is 17.7 Å². The van der Waals surface area contributed by atoms with Crippen molar-refractivity contribution in [1.29, 1.82) is 0 Å². The van der Waals surface area contributed by atoms with Gasteiger partial charge in [-0.25, -0.2) is 9.97 Å². The summed E-state index contributed by atoms with van der Waals surface area (Å²) in [5.41, 5.74) is 1.23. The maximum atomic E-state index is 4.44. The van der Waals surface area contributed by atoms with Gasteiger partial charge < -0.3 is 10.6 Å². The minimum Gasteiger partial charge on any atom is -0.373 e. The van der Waals surface area contributed by atoms with Gasteiger partial charge in [0.15, 0.2) is 0 Å². The average molecular weight is 248 g/mol. The summed E-state index contributed by atoms with van der Waals surface area (Å²) in [5.74, 6) is 1.99. The van der Waals surface area contributed by atoms with E-state index in [1.54, 1.807) is 6.33 Å². The van der Waals surface area contributed by atoms with Gasteiger partial charge in [0.25, 0.3) is 0 Å². The largest absolute Gasteiger partial charge is 0.373 e. The number of hydrogen-bond donors (Lipinski definition) is 2. The van der Waals surface area contributed by atoms with Gasteiger partial charge in [0.2, 0.25) is 0 Å². The molecule has 0 atom stereocenters. The Kier molecular flexibility index (Phi) is 4.79. The molecule has 1 saturated carbocycles. The first kappa shape index (κ1) is 13.1. The smallest absolute Gasteiger partial charge is 0.134 e. The highest BCUT2D eigenvalue weighted by Gasteiger charge is 2.16. The molecule has 1 heterocycles. The van der Waals surface area contributed by atoms with Crippen molar-refractivity contribution in [1.82, 2.24) is 9.97 Å². The molecule has 1 aromatic rings. The fraction of sp³-hybridized carbons (Fsp3) is 0.714. The normalized spacial score (nSPS) is 16.6. The van der Waals surface area contributed by atoms with E-state index >= 15 is 0 Å². The van der Waals surface area contributed by atoms with Gasteiger partial charge >= 0.3 is 0 Å². The zero-order chi connectivity index (χ0) is 12.8. The molecule has 0 radical (unpaired) electrons. The van der Waals surface area contributed by atoms with Crippen LogP contribution < -0.4 is 10.6 Å². The van der Waals surface area contributed by atoms with E-state index in [0.717, 1.165) is 24.5 Å². The minimum absolute atomic E-state index is 0.592. The molecule has 0 saturated heterocycles. The lowest BCUT2D eigenvalue weighted by Gasteiger charge is -2.24. The highest BCUT2D eigenvalue weighted by atomic mass is 15.1. The molecule has 0 spiro atoms. The molecule has 1 aliphatic rings. The Hall–Kier alpha value is -1.32. The Bertz CT molecular complexity index is 372. The third-order valence-corrected chi connectivity index (χ3v) is 3.63. The fourth-order valence-electron chi connectivity index (χ4n) is 2.68. The lowest BCUT2D eigenvalue weighted by atomic mass is 9.95. The topological polar surface area (TPSA) is 49.8 Å². The number of nitrogens with one attached hydrogen (secondary N) is 2. The van der Waals surface area contributed by atoms with E-state index in [4.69, 9.17) is 0 Å². The first-order valence-corrected chi connectivity index (χ1v) is 7.13. The number of hydrogen-bond acceptors (Lipinski definition) is 4. The van der Waals surface area contributed by atoms with Crippen LogP contribution in [0.3, 0.4) is 0 Å². The van der Waals surface area contributed by atoms with Crippen LogP contribution in [0.25, 0.3) is 0 Å². The molecule has 1 aliphatic carbocycles. The van der Waals surface area contributed by atoms with Gasteiger partial charge in [-0.3, -0.25) is 0 Å². The third kappa shape index (κ3) is 3.12. The summed E-state index contributed by atoms with van der Waals surface area (Å²) in [4.78, 5) is 8.75. The molecule has 0 aromatic carbocycles. The van der Waals surface area contributed by atoms with Gasteiger partial charge in [-0.15, -0.1) is 0 Å². The minimum atomic E-state index is 0.592. The zero-order valence-electron chi connectivity index (χ0n) is 11.5. The van der Waals surface area contributed by atoms with E-state index in [1.165, 1.54) is 37.7 Å². The predicted octanol–water partition coefficient (Wildman–Crippen LogP) is 3.22. The number of nitrogens with zero attached hydrogens (tertiary/aromatic N) is 2. The van der Waals surface area contributed by atoms with E-state index in [-0.39, 0.29) is 0 Å². The standard InChI is InChI=1S/C14H24N4/c1-3-7-12-13(15-2)16-10-17-14(12)18-11-8-5-4-6-9-11/h10-11H,3-9H2,1-2H3,(H2,15,16,17,18). The van der Waals surface area contributed by atoms with E-state index in [2.05, 4.69) is 27.5 Å². The maximum Gasteiger partial charge on any atom is 0.134 e. The summed E-state index contributed by atoms with van der Waals surface area (Å²) < 4.78 is 0. The van der Waals surface area contributed by atoms with Crippen molar-refractivity contribution in [2.45, 2.75) is 57.9 Å². The maximum absolute atomic E-state index is 4.44. The predicted molar refractivity (Wildman–Crippen MR) is 76.1 cm³/mol. The number of aromatic nitrogens is 2. The first-order chi connectivity index (χ1) is 8.85. The summed E-state index contributed by atoms with van der Waals surface area (Å²) in [7, 11) is 1.92. The van der Waals surface area contributed by atoms with E-state index in [9.17, 15) is 0 Å². The molecule has 0 amide bonds. The van der Waals surface area contributed by atoms with Crippen LogP contribution in [-0.2, 0) is 6.42 Å². The van der Waals surface area contributed by atoms with E-state index < -0.39 is 0 Å². The van der Waals surface area contributed by atoms with Gasteiger partial charge in [0.05, 0.1) is 0 Å². The first-order valence-electron chi connectivity index (χ1n) is 7.13. The SMILES string of the molecule is CCCc1c(NC)ncnc1NC1CCCCC1. The molecular formula is C14H24N4. The van der Waals surface area contributed by atoms with E-state index in [1.807, 2.05) is 7.05 Å². The molecule has 4 heteroatoms. The van der Waals surface area contributed by atoms with Crippen LogP contribution in [0.2, 0.25) is 0 Å². The van der Waals surface area contributed by atoms with Gasteiger partial charge in [0, 0.05) is 18.7 Å². The Labute approximate surface area is 110 Å². The lowest BCUT2D eigenvalue weighted by molar-refractivity contribution is 0.461. The summed E-state index contributed by atoms with van der Waals surface area (Å²) in [5, 5.41) is 6.78. The van der Waals surface area contributed by atoms with Crippen molar-refractivity contribution in [3.63, 3.8) is 0 Å². The molecule has 0 unspecified atom stereocenters. The molecular weight excluding hydrogens is 224 g/mol. The Balaban J connectivity index is 2.14. The van der Waals surface area contributed by atoms with Crippen LogP contribution >= 0.6 is 0 Å². The second-order valence-corrected chi connectivity index (χ2v) is 5.03. The Morgan fingerprint density at radius 3 is 2.56 bits per heavy atom. The second-order valence-electron chi connectivity index (χ2n) is 5.03.